The van der Waals surface area contributed by atoms with Gasteiger partial charge in [0, 0.05) is 38.1 Å². The first-order chi connectivity index (χ1) is 12.0. The fraction of sp³-hybridized carbons (Fsp3) is 0.412. The fourth-order valence-corrected chi connectivity index (χ4v) is 3.28. The number of aryl methyl sites for hydroxylation is 1. The maximum Gasteiger partial charge on any atom is 0.344 e. The molecule has 8 heteroatoms. The van der Waals surface area contributed by atoms with Gasteiger partial charge in [-0.05, 0) is 36.5 Å². The molecule has 0 atom stereocenters. The lowest BCUT2D eigenvalue weighted by atomic mass is 9.91. The number of ether oxygens (including phenoxy) is 1. The highest BCUT2D eigenvalue weighted by Crippen LogP contribution is 2.32. The maximum atomic E-state index is 11.9. The van der Waals surface area contributed by atoms with Crippen molar-refractivity contribution >= 4 is 17.3 Å². The van der Waals surface area contributed by atoms with Crippen LogP contribution in [0.4, 0.5) is 11.4 Å². The van der Waals surface area contributed by atoms with Crippen molar-refractivity contribution in [1.29, 1.82) is 0 Å². The molecule has 1 aliphatic rings. The van der Waals surface area contributed by atoms with Crippen LogP contribution in [0.3, 0.4) is 0 Å². The summed E-state index contributed by atoms with van der Waals surface area (Å²) in [5.74, 6) is -0.234. The molecule has 1 aliphatic heterocycles. The van der Waals surface area contributed by atoms with Crippen molar-refractivity contribution in [3.05, 3.63) is 51.8 Å². The highest BCUT2D eigenvalue weighted by molar-refractivity contribution is 5.95. The van der Waals surface area contributed by atoms with Gasteiger partial charge in [-0.15, -0.1) is 0 Å². The Morgan fingerprint density at radius 2 is 2.08 bits per heavy atom. The number of benzene rings is 1. The van der Waals surface area contributed by atoms with E-state index in [-0.39, 0.29) is 11.3 Å². The van der Waals surface area contributed by atoms with E-state index in [2.05, 4.69) is 14.7 Å². The monoisotopic (exact) mass is 344 g/mol. The number of nitrogens with zero attached hydrogens (tertiary/aromatic N) is 4. The molecule has 3 rings (SSSR count). The van der Waals surface area contributed by atoms with Crippen molar-refractivity contribution in [2.75, 3.05) is 25.1 Å². The normalized spacial score (nSPS) is 15.2. The molecule has 25 heavy (non-hydrogen) atoms. The van der Waals surface area contributed by atoms with E-state index in [0.717, 1.165) is 31.6 Å². The molecule has 1 saturated heterocycles. The fourth-order valence-electron chi connectivity index (χ4n) is 3.28. The number of nitro benzene ring substituents is 1. The minimum atomic E-state index is -0.696. The second kappa shape index (κ2) is 6.92. The summed E-state index contributed by atoms with van der Waals surface area (Å²) in [5, 5.41) is 15.3. The van der Waals surface area contributed by atoms with Crippen LogP contribution in [0.2, 0.25) is 0 Å². The van der Waals surface area contributed by atoms with Crippen LogP contribution in [0.25, 0.3) is 0 Å². The first kappa shape index (κ1) is 16.9. The van der Waals surface area contributed by atoms with Gasteiger partial charge >= 0.3 is 5.97 Å². The van der Waals surface area contributed by atoms with Gasteiger partial charge in [-0.25, -0.2) is 4.79 Å². The zero-order valence-corrected chi connectivity index (χ0v) is 14.2. The summed E-state index contributed by atoms with van der Waals surface area (Å²) in [7, 11) is 3.13. The lowest BCUT2D eigenvalue weighted by Gasteiger charge is -2.33. The van der Waals surface area contributed by atoms with Gasteiger partial charge in [0.25, 0.3) is 5.69 Å². The van der Waals surface area contributed by atoms with Crippen molar-refractivity contribution in [1.82, 2.24) is 9.78 Å². The Bertz CT molecular complexity index is 794. The predicted molar refractivity (Wildman–Crippen MR) is 91.8 cm³/mol. The molecule has 0 bridgehead atoms. The number of carbonyl (C=O) groups is 1. The molecule has 1 aromatic heterocycles. The number of anilines is 1. The number of rotatable bonds is 4. The number of methoxy groups -OCH3 is 1. The maximum absolute atomic E-state index is 11.9. The number of piperidine rings is 1. The van der Waals surface area contributed by atoms with E-state index in [0.29, 0.717) is 5.92 Å². The van der Waals surface area contributed by atoms with Crippen molar-refractivity contribution in [3.63, 3.8) is 0 Å². The summed E-state index contributed by atoms with van der Waals surface area (Å²) in [4.78, 5) is 24.5. The van der Waals surface area contributed by atoms with Crippen LogP contribution in [-0.4, -0.2) is 40.9 Å². The van der Waals surface area contributed by atoms with Crippen LogP contribution >= 0.6 is 0 Å². The van der Waals surface area contributed by atoms with E-state index in [1.54, 1.807) is 16.8 Å². The van der Waals surface area contributed by atoms with Gasteiger partial charge in [-0.1, -0.05) is 0 Å². The molecule has 2 heterocycles. The predicted octanol–water partition coefficient (Wildman–Crippen LogP) is 2.50. The molecule has 132 valence electrons. The van der Waals surface area contributed by atoms with Gasteiger partial charge in [0.05, 0.1) is 18.2 Å². The van der Waals surface area contributed by atoms with E-state index in [1.165, 1.54) is 18.7 Å². The average Bonchev–Trinajstić information content (AvgIpc) is 3.07. The summed E-state index contributed by atoms with van der Waals surface area (Å²) in [6, 6.07) is 4.61. The second-order valence-corrected chi connectivity index (χ2v) is 6.16. The molecule has 8 nitrogen and oxygen atoms in total. The van der Waals surface area contributed by atoms with Gasteiger partial charge in [-0.2, -0.15) is 5.10 Å². The Morgan fingerprint density at radius 1 is 1.36 bits per heavy atom. The third-order valence-electron chi connectivity index (χ3n) is 4.64. The smallest absolute Gasteiger partial charge is 0.344 e. The topological polar surface area (TPSA) is 90.5 Å². The highest BCUT2D eigenvalue weighted by Gasteiger charge is 2.25. The molecular weight excluding hydrogens is 324 g/mol. The van der Waals surface area contributed by atoms with E-state index in [1.807, 2.05) is 19.4 Å². The molecule has 0 radical (unpaired) electrons. The Balaban J connectivity index is 1.77. The van der Waals surface area contributed by atoms with Crippen LogP contribution in [0, 0.1) is 10.1 Å². The second-order valence-electron chi connectivity index (χ2n) is 6.16. The quantitative estimate of drug-likeness (QED) is 0.481. The Kier molecular flexibility index (Phi) is 4.69. The van der Waals surface area contributed by atoms with Gasteiger partial charge in [0.1, 0.15) is 5.56 Å². The first-order valence-electron chi connectivity index (χ1n) is 8.10. The zero-order chi connectivity index (χ0) is 18.0. The summed E-state index contributed by atoms with van der Waals surface area (Å²) in [6.45, 7) is 1.63. The summed E-state index contributed by atoms with van der Waals surface area (Å²) in [6.07, 6.45) is 5.88. The lowest BCUT2D eigenvalue weighted by molar-refractivity contribution is -0.385. The summed E-state index contributed by atoms with van der Waals surface area (Å²) < 4.78 is 6.48. The van der Waals surface area contributed by atoms with Crippen LogP contribution in [0.1, 0.15) is 34.7 Å². The Morgan fingerprint density at radius 3 is 2.64 bits per heavy atom. The molecule has 0 aliphatic carbocycles. The van der Waals surface area contributed by atoms with Crippen molar-refractivity contribution < 1.29 is 14.5 Å². The van der Waals surface area contributed by atoms with E-state index in [9.17, 15) is 14.9 Å². The number of hydrogen-bond acceptors (Lipinski definition) is 6. The zero-order valence-electron chi connectivity index (χ0n) is 14.2. The van der Waals surface area contributed by atoms with E-state index < -0.39 is 10.9 Å². The van der Waals surface area contributed by atoms with Crippen molar-refractivity contribution in [2.24, 2.45) is 7.05 Å². The van der Waals surface area contributed by atoms with Gasteiger partial charge in [0.15, 0.2) is 0 Å². The van der Waals surface area contributed by atoms with Crippen LogP contribution in [-0.2, 0) is 11.8 Å². The van der Waals surface area contributed by atoms with Crippen LogP contribution in [0.5, 0.6) is 0 Å². The summed E-state index contributed by atoms with van der Waals surface area (Å²) in [5.41, 5.74) is 1.79. The highest BCUT2D eigenvalue weighted by atomic mass is 16.6. The lowest BCUT2D eigenvalue weighted by Crippen LogP contribution is -2.33. The van der Waals surface area contributed by atoms with Gasteiger partial charge in [-0.3, -0.25) is 14.8 Å². The third-order valence-corrected chi connectivity index (χ3v) is 4.64. The van der Waals surface area contributed by atoms with Gasteiger partial charge in [0.2, 0.25) is 0 Å². The molecule has 1 fully saturated rings. The third kappa shape index (κ3) is 3.47. The Hall–Kier alpha value is -2.90. The summed E-state index contributed by atoms with van der Waals surface area (Å²) >= 11 is 0. The minimum absolute atomic E-state index is 0.0145. The molecule has 2 aromatic rings. The molecule has 0 N–H and O–H groups in total. The van der Waals surface area contributed by atoms with Crippen LogP contribution < -0.4 is 4.90 Å². The number of aromatic nitrogens is 2. The SMILES string of the molecule is COC(=O)c1cc(N2CCC(c3cnn(C)c3)CC2)ccc1[N+](=O)[O-]. The molecule has 0 saturated carbocycles. The first-order valence-corrected chi connectivity index (χ1v) is 8.10. The molecule has 0 spiro atoms. The standard InChI is InChI=1S/C17H20N4O4/c1-19-11-13(10-18-19)12-5-7-20(8-6-12)14-3-4-16(21(23)24)15(9-14)17(22)25-2/h3-4,9-12H,5-8H2,1-2H3. The van der Waals surface area contributed by atoms with Crippen LogP contribution in [0.15, 0.2) is 30.6 Å². The number of carbonyl (C=O) groups excluding carboxylic acids is 1. The Labute approximate surface area is 145 Å². The van der Waals surface area contributed by atoms with E-state index in [4.69, 9.17) is 0 Å². The van der Waals surface area contributed by atoms with Gasteiger partial charge < -0.3 is 9.64 Å². The van der Waals surface area contributed by atoms with Crippen molar-refractivity contribution in [3.8, 4) is 0 Å². The molecule has 1 aromatic carbocycles. The molecule has 0 amide bonds. The number of nitro groups is 1. The number of hydrogen-bond donors (Lipinski definition) is 0. The van der Waals surface area contributed by atoms with Crippen molar-refractivity contribution in [2.45, 2.75) is 18.8 Å². The largest absolute Gasteiger partial charge is 0.465 e. The number of esters is 1. The molecule has 0 unspecified atom stereocenters. The minimum Gasteiger partial charge on any atom is -0.465 e. The average molecular weight is 344 g/mol. The molecular formula is C17H20N4O4. The van der Waals surface area contributed by atoms with E-state index >= 15 is 0 Å².